The Morgan fingerprint density at radius 2 is 1.40 bits per heavy atom. The lowest BCUT2D eigenvalue weighted by atomic mass is 10.1. The summed E-state index contributed by atoms with van der Waals surface area (Å²) in [6.45, 7) is 0. The Labute approximate surface area is 151 Å². The van der Waals surface area contributed by atoms with Crippen LogP contribution in [0.25, 0.3) is 22.7 Å². The third-order valence-electron chi connectivity index (χ3n) is 4.05. The summed E-state index contributed by atoms with van der Waals surface area (Å²) in [5.41, 5.74) is 3.82. The Hall–Kier alpha value is -2.84. The smallest absolute Gasteiger partial charge is 0.226 e. The molecule has 0 saturated carbocycles. The molecule has 2 nitrogen and oxygen atoms in total. The van der Waals surface area contributed by atoms with Crippen molar-refractivity contribution in [3.05, 3.63) is 101 Å². The standard InChI is InChI=1S/C22H16ClNO/c23-19-14-8-7-13-18(19)21-20(15-16-9-3-1-4-10-16)25-22(24-21)17-11-5-2-6-12-17/h1-14H,15H2. The highest BCUT2D eigenvalue weighted by atomic mass is 35.5. The van der Waals surface area contributed by atoms with E-state index in [4.69, 9.17) is 21.0 Å². The van der Waals surface area contributed by atoms with E-state index >= 15 is 0 Å². The van der Waals surface area contributed by atoms with Crippen molar-refractivity contribution in [1.29, 1.82) is 0 Å². The second-order valence-electron chi connectivity index (χ2n) is 5.80. The molecule has 3 aromatic carbocycles. The summed E-state index contributed by atoms with van der Waals surface area (Å²) in [7, 11) is 0. The van der Waals surface area contributed by atoms with E-state index < -0.39 is 0 Å². The lowest BCUT2D eigenvalue weighted by Crippen LogP contribution is -1.90. The van der Waals surface area contributed by atoms with Crippen molar-refractivity contribution in [3.63, 3.8) is 0 Å². The maximum atomic E-state index is 6.41. The first kappa shape index (κ1) is 15.7. The molecular weight excluding hydrogens is 330 g/mol. The van der Waals surface area contributed by atoms with Crippen LogP contribution in [0.3, 0.4) is 0 Å². The van der Waals surface area contributed by atoms with Crippen molar-refractivity contribution in [2.45, 2.75) is 6.42 Å². The van der Waals surface area contributed by atoms with Gasteiger partial charge in [-0.2, -0.15) is 0 Å². The van der Waals surface area contributed by atoms with Crippen molar-refractivity contribution in [1.82, 2.24) is 4.98 Å². The van der Waals surface area contributed by atoms with Crippen molar-refractivity contribution >= 4 is 11.6 Å². The van der Waals surface area contributed by atoms with Gasteiger partial charge < -0.3 is 4.42 Å². The molecule has 122 valence electrons. The van der Waals surface area contributed by atoms with Crippen molar-refractivity contribution in [3.8, 4) is 22.7 Å². The van der Waals surface area contributed by atoms with E-state index in [1.165, 1.54) is 5.56 Å². The number of benzene rings is 3. The van der Waals surface area contributed by atoms with Crippen LogP contribution >= 0.6 is 11.6 Å². The van der Waals surface area contributed by atoms with Gasteiger partial charge in [-0.15, -0.1) is 0 Å². The van der Waals surface area contributed by atoms with E-state index in [0.29, 0.717) is 17.3 Å². The Morgan fingerprint density at radius 3 is 2.12 bits per heavy atom. The van der Waals surface area contributed by atoms with E-state index in [9.17, 15) is 0 Å². The number of aromatic nitrogens is 1. The quantitative estimate of drug-likeness (QED) is 0.436. The van der Waals surface area contributed by atoms with E-state index in [1.54, 1.807) is 0 Å². The fraction of sp³-hybridized carbons (Fsp3) is 0.0455. The molecule has 0 unspecified atom stereocenters. The van der Waals surface area contributed by atoms with Gasteiger partial charge in [0, 0.05) is 17.5 Å². The first-order chi connectivity index (χ1) is 12.3. The normalized spacial score (nSPS) is 10.8. The molecule has 0 bridgehead atoms. The number of hydrogen-bond donors (Lipinski definition) is 0. The molecule has 0 aliphatic rings. The van der Waals surface area contributed by atoms with Gasteiger partial charge in [-0.05, 0) is 23.8 Å². The Kier molecular flexibility index (Phi) is 4.36. The number of oxazole rings is 1. The van der Waals surface area contributed by atoms with Crippen molar-refractivity contribution in [2.75, 3.05) is 0 Å². The summed E-state index contributed by atoms with van der Waals surface area (Å²) in [5.74, 6) is 1.43. The first-order valence-electron chi connectivity index (χ1n) is 8.15. The molecule has 0 spiro atoms. The topological polar surface area (TPSA) is 26.0 Å². The molecule has 4 rings (SSSR count). The molecule has 0 radical (unpaired) electrons. The zero-order chi connectivity index (χ0) is 17.1. The van der Waals surface area contributed by atoms with Gasteiger partial charge in [0.1, 0.15) is 11.5 Å². The summed E-state index contributed by atoms with van der Waals surface area (Å²) >= 11 is 6.41. The highest BCUT2D eigenvalue weighted by Crippen LogP contribution is 2.34. The van der Waals surface area contributed by atoms with Gasteiger partial charge in [-0.3, -0.25) is 0 Å². The molecule has 4 aromatic rings. The largest absolute Gasteiger partial charge is 0.440 e. The van der Waals surface area contributed by atoms with Crippen LogP contribution in [0.2, 0.25) is 5.02 Å². The van der Waals surface area contributed by atoms with Gasteiger partial charge in [0.15, 0.2) is 0 Å². The molecule has 1 heterocycles. The molecule has 0 N–H and O–H groups in total. The van der Waals surface area contributed by atoms with E-state index in [2.05, 4.69) is 12.1 Å². The van der Waals surface area contributed by atoms with Gasteiger partial charge in [-0.25, -0.2) is 4.98 Å². The third-order valence-corrected chi connectivity index (χ3v) is 4.38. The molecule has 0 saturated heterocycles. The van der Waals surface area contributed by atoms with Crippen LogP contribution in [0.15, 0.2) is 89.3 Å². The Bertz CT molecular complexity index is 977. The van der Waals surface area contributed by atoms with Crippen LogP contribution in [-0.2, 0) is 6.42 Å². The number of halogens is 1. The van der Waals surface area contributed by atoms with Crippen LogP contribution in [-0.4, -0.2) is 4.98 Å². The van der Waals surface area contributed by atoms with Gasteiger partial charge >= 0.3 is 0 Å². The molecular formula is C22H16ClNO. The maximum absolute atomic E-state index is 6.41. The Morgan fingerprint density at radius 1 is 0.760 bits per heavy atom. The average Bonchev–Trinajstić information content (AvgIpc) is 3.07. The average molecular weight is 346 g/mol. The predicted octanol–water partition coefficient (Wildman–Crippen LogP) is 6.25. The minimum Gasteiger partial charge on any atom is -0.440 e. The molecule has 0 atom stereocenters. The Balaban J connectivity index is 1.83. The summed E-state index contributed by atoms with van der Waals surface area (Å²) < 4.78 is 6.14. The van der Waals surface area contributed by atoms with E-state index in [-0.39, 0.29) is 0 Å². The van der Waals surface area contributed by atoms with Crippen LogP contribution in [0.1, 0.15) is 11.3 Å². The second kappa shape index (κ2) is 6.96. The number of rotatable bonds is 4. The lowest BCUT2D eigenvalue weighted by Gasteiger charge is -2.03. The van der Waals surface area contributed by atoms with Crippen LogP contribution in [0.5, 0.6) is 0 Å². The highest BCUT2D eigenvalue weighted by Gasteiger charge is 2.18. The molecule has 0 amide bonds. The van der Waals surface area contributed by atoms with Gasteiger partial charge in [-0.1, -0.05) is 78.3 Å². The molecule has 0 aliphatic carbocycles. The van der Waals surface area contributed by atoms with E-state index in [1.807, 2.05) is 72.8 Å². The van der Waals surface area contributed by atoms with E-state index in [0.717, 1.165) is 22.6 Å². The van der Waals surface area contributed by atoms with Crippen LogP contribution in [0, 0.1) is 0 Å². The van der Waals surface area contributed by atoms with Gasteiger partial charge in [0.25, 0.3) is 0 Å². The van der Waals surface area contributed by atoms with Crippen LogP contribution in [0.4, 0.5) is 0 Å². The summed E-state index contributed by atoms with van der Waals surface area (Å²) in [6, 6.07) is 27.9. The van der Waals surface area contributed by atoms with Crippen molar-refractivity contribution in [2.24, 2.45) is 0 Å². The zero-order valence-corrected chi connectivity index (χ0v) is 14.3. The SMILES string of the molecule is Clc1ccccc1-c1nc(-c2ccccc2)oc1Cc1ccccc1. The zero-order valence-electron chi connectivity index (χ0n) is 13.5. The molecule has 3 heteroatoms. The predicted molar refractivity (Wildman–Crippen MR) is 102 cm³/mol. The monoisotopic (exact) mass is 345 g/mol. The lowest BCUT2D eigenvalue weighted by molar-refractivity contribution is 0.530. The van der Waals surface area contributed by atoms with Gasteiger partial charge in [0.05, 0.1) is 5.02 Å². The van der Waals surface area contributed by atoms with Crippen LogP contribution < -0.4 is 0 Å². The second-order valence-corrected chi connectivity index (χ2v) is 6.21. The van der Waals surface area contributed by atoms with Crippen molar-refractivity contribution < 1.29 is 4.42 Å². The minimum absolute atomic E-state index is 0.612. The fourth-order valence-corrected chi connectivity index (χ4v) is 3.05. The summed E-state index contributed by atoms with van der Waals surface area (Å²) in [4.78, 5) is 4.76. The molecule has 25 heavy (non-hydrogen) atoms. The van der Waals surface area contributed by atoms with Gasteiger partial charge in [0.2, 0.25) is 5.89 Å². The molecule has 0 fully saturated rings. The fourth-order valence-electron chi connectivity index (χ4n) is 2.82. The number of nitrogens with zero attached hydrogens (tertiary/aromatic N) is 1. The molecule has 0 aliphatic heterocycles. The number of hydrogen-bond acceptors (Lipinski definition) is 2. The summed E-state index contributed by atoms with van der Waals surface area (Å²) in [6.07, 6.45) is 0.668. The third kappa shape index (κ3) is 3.35. The first-order valence-corrected chi connectivity index (χ1v) is 8.53. The maximum Gasteiger partial charge on any atom is 0.226 e. The molecule has 1 aromatic heterocycles. The highest BCUT2D eigenvalue weighted by molar-refractivity contribution is 6.33. The summed E-state index contributed by atoms with van der Waals surface area (Å²) in [5, 5.41) is 0.671. The minimum atomic E-state index is 0.612.